The largest absolute Gasteiger partial charge is 0.439 e. The van der Waals surface area contributed by atoms with Gasteiger partial charge in [0.1, 0.15) is 5.75 Å². The Morgan fingerprint density at radius 2 is 2.11 bits per heavy atom. The Morgan fingerprint density at radius 3 is 2.72 bits per heavy atom. The minimum atomic E-state index is -0.0957. The van der Waals surface area contributed by atoms with Crippen LogP contribution >= 0.6 is 11.6 Å². The number of rotatable bonds is 3. The lowest BCUT2D eigenvalue weighted by molar-refractivity contribution is 0.274. The second kappa shape index (κ2) is 5.00. The monoisotopic (exact) mass is 266 g/mol. The van der Waals surface area contributed by atoms with Gasteiger partial charge in [-0.05, 0) is 37.6 Å². The van der Waals surface area contributed by atoms with Crippen molar-refractivity contribution in [2.75, 3.05) is 0 Å². The first-order valence-corrected chi connectivity index (χ1v) is 5.98. The maximum atomic E-state index is 9.33. The number of aromatic nitrogens is 2. The molecule has 4 nitrogen and oxygen atoms in total. The second-order valence-electron chi connectivity index (χ2n) is 4.16. The van der Waals surface area contributed by atoms with Gasteiger partial charge in [-0.25, -0.2) is 4.68 Å². The van der Waals surface area contributed by atoms with Gasteiger partial charge in [0.2, 0.25) is 5.88 Å². The van der Waals surface area contributed by atoms with Crippen LogP contribution in [0.25, 0.3) is 0 Å². The standard InChI is InChI=1S/C13H15ClN2O2/c1-8-6-10(4-5-12(8)14)18-13-11(7-17)9(2)15-16(13)3/h4-6,17H,7H2,1-3H3. The fourth-order valence-corrected chi connectivity index (χ4v) is 1.90. The summed E-state index contributed by atoms with van der Waals surface area (Å²) in [5.74, 6) is 1.23. The predicted octanol–water partition coefficient (Wildman–Crippen LogP) is 2.97. The maximum Gasteiger partial charge on any atom is 0.223 e. The van der Waals surface area contributed by atoms with E-state index in [-0.39, 0.29) is 6.61 Å². The van der Waals surface area contributed by atoms with Gasteiger partial charge in [-0.3, -0.25) is 0 Å². The molecule has 2 rings (SSSR count). The number of ether oxygens (including phenoxy) is 1. The SMILES string of the molecule is Cc1cc(Oc2c(CO)c(C)nn2C)ccc1Cl. The van der Waals surface area contributed by atoms with Crippen LogP contribution in [0.5, 0.6) is 11.6 Å². The molecule has 0 fully saturated rings. The second-order valence-corrected chi connectivity index (χ2v) is 4.57. The Balaban J connectivity index is 2.36. The summed E-state index contributed by atoms with van der Waals surface area (Å²) in [7, 11) is 1.78. The van der Waals surface area contributed by atoms with Gasteiger partial charge in [-0.2, -0.15) is 5.10 Å². The van der Waals surface area contributed by atoms with Crippen LogP contribution < -0.4 is 4.74 Å². The average Bonchev–Trinajstić information content (AvgIpc) is 2.58. The van der Waals surface area contributed by atoms with Crippen LogP contribution in [0.2, 0.25) is 5.02 Å². The molecule has 0 saturated carbocycles. The van der Waals surface area contributed by atoms with Crippen LogP contribution in [0.15, 0.2) is 18.2 Å². The van der Waals surface area contributed by atoms with Gasteiger partial charge in [0.05, 0.1) is 17.9 Å². The van der Waals surface area contributed by atoms with E-state index in [0.29, 0.717) is 22.2 Å². The van der Waals surface area contributed by atoms with Crippen LogP contribution in [0.1, 0.15) is 16.8 Å². The molecule has 0 aliphatic rings. The summed E-state index contributed by atoms with van der Waals surface area (Å²) in [4.78, 5) is 0. The van der Waals surface area contributed by atoms with E-state index in [1.807, 2.05) is 19.9 Å². The van der Waals surface area contributed by atoms with Crippen LogP contribution in [-0.2, 0) is 13.7 Å². The van der Waals surface area contributed by atoms with Gasteiger partial charge in [-0.15, -0.1) is 0 Å². The minimum absolute atomic E-state index is 0.0957. The predicted molar refractivity (Wildman–Crippen MR) is 70.1 cm³/mol. The lowest BCUT2D eigenvalue weighted by Crippen LogP contribution is -1.97. The molecule has 96 valence electrons. The lowest BCUT2D eigenvalue weighted by Gasteiger charge is -2.09. The molecule has 0 bridgehead atoms. The van der Waals surface area contributed by atoms with Gasteiger partial charge in [-0.1, -0.05) is 11.6 Å². The van der Waals surface area contributed by atoms with E-state index in [1.165, 1.54) is 0 Å². The summed E-state index contributed by atoms with van der Waals surface area (Å²) in [5, 5.41) is 14.3. The summed E-state index contributed by atoms with van der Waals surface area (Å²) < 4.78 is 7.39. The molecule has 1 aromatic carbocycles. The number of benzene rings is 1. The first kappa shape index (κ1) is 12.9. The maximum absolute atomic E-state index is 9.33. The molecule has 1 aromatic heterocycles. The number of halogens is 1. The van der Waals surface area contributed by atoms with Crippen molar-refractivity contribution in [3.63, 3.8) is 0 Å². The highest BCUT2D eigenvalue weighted by atomic mass is 35.5. The molecule has 0 atom stereocenters. The highest BCUT2D eigenvalue weighted by Crippen LogP contribution is 2.29. The minimum Gasteiger partial charge on any atom is -0.439 e. The molecule has 0 saturated heterocycles. The summed E-state index contributed by atoms with van der Waals surface area (Å²) in [6.45, 7) is 3.66. The van der Waals surface area contributed by atoms with Crippen molar-refractivity contribution in [2.24, 2.45) is 7.05 Å². The van der Waals surface area contributed by atoms with E-state index in [4.69, 9.17) is 16.3 Å². The number of hydrogen-bond donors (Lipinski definition) is 1. The molecule has 1 heterocycles. The third-order valence-electron chi connectivity index (χ3n) is 2.79. The van der Waals surface area contributed by atoms with Gasteiger partial charge in [0, 0.05) is 12.1 Å². The molecule has 0 spiro atoms. The molecule has 0 radical (unpaired) electrons. The molecule has 2 aromatic rings. The smallest absolute Gasteiger partial charge is 0.223 e. The van der Waals surface area contributed by atoms with E-state index in [0.717, 1.165) is 11.3 Å². The summed E-state index contributed by atoms with van der Waals surface area (Å²) >= 11 is 5.96. The summed E-state index contributed by atoms with van der Waals surface area (Å²) in [5.41, 5.74) is 2.41. The number of aryl methyl sites for hydroxylation is 3. The van der Waals surface area contributed by atoms with Crippen LogP contribution in [0.4, 0.5) is 0 Å². The Labute approximate surface area is 111 Å². The van der Waals surface area contributed by atoms with Crippen molar-refractivity contribution >= 4 is 11.6 Å². The molecule has 0 aliphatic heterocycles. The Bertz CT molecular complexity index is 579. The molecular formula is C13H15ClN2O2. The lowest BCUT2D eigenvalue weighted by atomic mass is 10.2. The topological polar surface area (TPSA) is 47.3 Å². The third kappa shape index (κ3) is 2.35. The summed E-state index contributed by atoms with van der Waals surface area (Å²) in [6.07, 6.45) is 0. The van der Waals surface area contributed by atoms with E-state index >= 15 is 0 Å². The molecule has 0 amide bonds. The van der Waals surface area contributed by atoms with Gasteiger partial charge in [0.25, 0.3) is 0 Å². The zero-order valence-corrected chi connectivity index (χ0v) is 11.3. The highest BCUT2D eigenvalue weighted by Gasteiger charge is 2.14. The van der Waals surface area contributed by atoms with Gasteiger partial charge < -0.3 is 9.84 Å². The van der Waals surface area contributed by atoms with Crippen molar-refractivity contribution in [2.45, 2.75) is 20.5 Å². The number of nitrogens with zero attached hydrogens (tertiary/aromatic N) is 2. The number of aliphatic hydroxyl groups excluding tert-OH is 1. The van der Waals surface area contributed by atoms with Crippen molar-refractivity contribution < 1.29 is 9.84 Å². The molecule has 5 heteroatoms. The fourth-order valence-electron chi connectivity index (χ4n) is 1.78. The fraction of sp³-hybridized carbons (Fsp3) is 0.308. The van der Waals surface area contributed by atoms with Crippen molar-refractivity contribution in [3.05, 3.63) is 40.0 Å². The average molecular weight is 267 g/mol. The Kier molecular flexibility index (Phi) is 3.59. The molecule has 0 unspecified atom stereocenters. The zero-order valence-electron chi connectivity index (χ0n) is 10.6. The van der Waals surface area contributed by atoms with Crippen LogP contribution in [0.3, 0.4) is 0 Å². The molecular weight excluding hydrogens is 252 g/mol. The normalized spacial score (nSPS) is 10.7. The number of hydrogen-bond acceptors (Lipinski definition) is 3. The van der Waals surface area contributed by atoms with E-state index in [1.54, 1.807) is 23.9 Å². The Hall–Kier alpha value is -1.52. The summed E-state index contributed by atoms with van der Waals surface area (Å²) in [6, 6.07) is 5.43. The van der Waals surface area contributed by atoms with Crippen LogP contribution in [-0.4, -0.2) is 14.9 Å². The Morgan fingerprint density at radius 1 is 1.39 bits per heavy atom. The van der Waals surface area contributed by atoms with Gasteiger partial charge in [0.15, 0.2) is 0 Å². The molecule has 0 aliphatic carbocycles. The number of aliphatic hydroxyl groups is 1. The first-order valence-electron chi connectivity index (χ1n) is 5.60. The van der Waals surface area contributed by atoms with E-state index in [9.17, 15) is 5.11 Å². The highest BCUT2D eigenvalue weighted by molar-refractivity contribution is 6.31. The zero-order chi connectivity index (χ0) is 13.3. The van der Waals surface area contributed by atoms with E-state index < -0.39 is 0 Å². The first-order chi connectivity index (χ1) is 8.52. The molecule has 18 heavy (non-hydrogen) atoms. The third-order valence-corrected chi connectivity index (χ3v) is 3.21. The quantitative estimate of drug-likeness (QED) is 0.929. The van der Waals surface area contributed by atoms with Gasteiger partial charge >= 0.3 is 0 Å². The van der Waals surface area contributed by atoms with E-state index in [2.05, 4.69) is 5.10 Å². The van der Waals surface area contributed by atoms with Crippen LogP contribution in [0, 0.1) is 13.8 Å². The van der Waals surface area contributed by atoms with Crippen molar-refractivity contribution in [3.8, 4) is 11.6 Å². The van der Waals surface area contributed by atoms with Crippen molar-refractivity contribution in [1.82, 2.24) is 9.78 Å². The molecule has 1 N–H and O–H groups in total. The van der Waals surface area contributed by atoms with Crippen molar-refractivity contribution in [1.29, 1.82) is 0 Å².